The fraction of sp³-hybridized carbons (Fsp3) is 0.125. The van der Waals surface area contributed by atoms with Crippen LogP contribution in [-0.4, -0.2) is 25.5 Å². The smallest absolute Gasteiger partial charge is 0.251 e. The minimum Gasteiger partial charge on any atom is -0.495 e. The van der Waals surface area contributed by atoms with Gasteiger partial charge in [-0.15, -0.1) is 0 Å². The van der Waals surface area contributed by atoms with E-state index >= 15 is 0 Å². The van der Waals surface area contributed by atoms with E-state index in [0.29, 0.717) is 27.0 Å². The number of carbonyl (C=O) groups excluding carboxylic acids is 2. The Morgan fingerprint density at radius 1 is 1.09 bits per heavy atom. The first kappa shape index (κ1) is 17.1. The van der Waals surface area contributed by atoms with Crippen molar-refractivity contribution < 1.29 is 14.3 Å². The van der Waals surface area contributed by atoms with E-state index in [4.69, 9.17) is 27.9 Å². The quantitative estimate of drug-likeness (QED) is 0.866. The number of methoxy groups -OCH3 is 1. The highest BCUT2D eigenvalue weighted by molar-refractivity contribution is 6.31. The fourth-order valence-corrected chi connectivity index (χ4v) is 2.23. The van der Waals surface area contributed by atoms with Crippen molar-refractivity contribution in [2.45, 2.75) is 0 Å². The van der Waals surface area contributed by atoms with Crippen LogP contribution in [0.15, 0.2) is 42.5 Å². The maximum Gasteiger partial charge on any atom is 0.251 e. The van der Waals surface area contributed by atoms with Gasteiger partial charge in [0.25, 0.3) is 5.91 Å². The van der Waals surface area contributed by atoms with Crippen LogP contribution in [0.25, 0.3) is 0 Å². The molecule has 2 rings (SSSR count). The summed E-state index contributed by atoms with van der Waals surface area (Å²) in [6, 6.07) is 11.3. The molecule has 0 spiro atoms. The fourth-order valence-electron chi connectivity index (χ4n) is 1.86. The number of ether oxygens (including phenoxy) is 1. The molecule has 0 unspecified atom stereocenters. The Hall–Kier alpha value is -2.24. The van der Waals surface area contributed by atoms with E-state index in [1.165, 1.54) is 13.2 Å². The topological polar surface area (TPSA) is 67.4 Å². The zero-order chi connectivity index (χ0) is 16.8. The van der Waals surface area contributed by atoms with Gasteiger partial charge in [-0.3, -0.25) is 9.59 Å². The van der Waals surface area contributed by atoms with Gasteiger partial charge in [0.15, 0.2) is 0 Å². The largest absolute Gasteiger partial charge is 0.495 e. The average Bonchev–Trinajstić information content (AvgIpc) is 2.53. The van der Waals surface area contributed by atoms with Crippen LogP contribution in [0, 0.1) is 0 Å². The third-order valence-electron chi connectivity index (χ3n) is 2.93. The highest BCUT2D eigenvalue weighted by Gasteiger charge is 2.11. The van der Waals surface area contributed by atoms with Crippen LogP contribution in [0.5, 0.6) is 5.75 Å². The van der Waals surface area contributed by atoms with Gasteiger partial charge in [0.05, 0.1) is 19.3 Å². The van der Waals surface area contributed by atoms with Crippen molar-refractivity contribution in [3.05, 3.63) is 58.1 Å². The number of rotatable bonds is 5. The lowest BCUT2D eigenvalue weighted by molar-refractivity contribution is -0.115. The van der Waals surface area contributed by atoms with Crippen molar-refractivity contribution in [2.75, 3.05) is 19.0 Å². The molecular formula is C16H14Cl2N2O3. The summed E-state index contributed by atoms with van der Waals surface area (Å²) in [5, 5.41) is 6.06. The third-order valence-corrected chi connectivity index (χ3v) is 3.40. The highest BCUT2D eigenvalue weighted by atomic mass is 35.5. The van der Waals surface area contributed by atoms with E-state index in [-0.39, 0.29) is 12.5 Å². The molecule has 2 aromatic carbocycles. The van der Waals surface area contributed by atoms with Crippen molar-refractivity contribution in [3.63, 3.8) is 0 Å². The van der Waals surface area contributed by atoms with Crippen LogP contribution in [0.4, 0.5) is 5.69 Å². The zero-order valence-corrected chi connectivity index (χ0v) is 13.7. The molecule has 0 radical (unpaired) electrons. The van der Waals surface area contributed by atoms with E-state index in [0.717, 1.165) is 0 Å². The monoisotopic (exact) mass is 352 g/mol. The number of halogens is 2. The van der Waals surface area contributed by atoms with E-state index in [1.54, 1.807) is 36.4 Å². The molecule has 23 heavy (non-hydrogen) atoms. The molecule has 2 N–H and O–H groups in total. The molecule has 0 aliphatic carbocycles. The van der Waals surface area contributed by atoms with Gasteiger partial charge in [-0.2, -0.15) is 0 Å². The van der Waals surface area contributed by atoms with Crippen molar-refractivity contribution >= 4 is 40.7 Å². The molecular weight excluding hydrogens is 339 g/mol. The number of carbonyl (C=O) groups is 2. The van der Waals surface area contributed by atoms with E-state index < -0.39 is 5.91 Å². The van der Waals surface area contributed by atoms with E-state index in [9.17, 15) is 9.59 Å². The normalized spacial score (nSPS) is 10.0. The number of benzene rings is 2. The van der Waals surface area contributed by atoms with Gasteiger partial charge in [-0.05, 0) is 36.4 Å². The maximum absolute atomic E-state index is 11.9. The molecule has 7 heteroatoms. The van der Waals surface area contributed by atoms with Crippen molar-refractivity contribution in [1.82, 2.24) is 5.32 Å². The van der Waals surface area contributed by atoms with Crippen molar-refractivity contribution in [3.8, 4) is 5.75 Å². The Labute approximate surface area is 143 Å². The van der Waals surface area contributed by atoms with Gasteiger partial charge in [-0.25, -0.2) is 0 Å². The summed E-state index contributed by atoms with van der Waals surface area (Å²) in [6.45, 7) is -0.193. The Bertz CT molecular complexity index is 735. The molecule has 0 heterocycles. The van der Waals surface area contributed by atoms with Crippen LogP contribution in [0.1, 0.15) is 10.4 Å². The third kappa shape index (κ3) is 4.87. The average molecular weight is 353 g/mol. The second-order valence-corrected chi connectivity index (χ2v) is 5.46. The predicted molar refractivity (Wildman–Crippen MR) is 90.4 cm³/mol. The lowest BCUT2D eigenvalue weighted by Gasteiger charge is -2.11. The molecule has 0 aliphatic rings. The molecule has 0 bridgehead atoms. The molecule has 0 atom stereocenters. The highest BCUT2D eigenvalue weighted by Crippen LogP contribution is 2.27. The van der Waals surface area contributed by atoms with E-state index in [1.807, 2.05) is 0 Å². The zero-order valence-electron chi connectivity index (χ0n) is 12.2. The van der Waals surface area contributed by atoms with Crippen LogP contribution in [0.2, 0.25) is 10.0 Å². The van der Waals surface area contributed by atoms with Gasteiger partial charge in [0.2, 0.25) is 5.91 Å². The minimum atomic E-state index is -0.402. The van der Waals surface area contributed by atoms with E-state index in [2.05, 4.69) is 10.6 Å². The number of hydrogen-bond acceptors (Lipinski definition) is 3. The molecule has 0 fully saturated rings. The molecule has 0 aromatic heterocycles. The molecule has 0 saturated heterocycles. The van der Waals surface area contributed by atoms with Crippen LogP contribution in [0.3, 0.4) is 0 Å². The van der Waals surface area contributed by atoms with Crippen molar-refractivity contribution in [1.29, 1.82) is 0 Å². The van der Waals surface area contributed by atoms with Gasteiger partial charge < -0.3 is 15.4 Å². The number of amides is 2. The minimum absolute atomic E-state index is 0.193. The Balaban J connectivity index is 1.95. The second kappa shape index (κ2) is 7.85. The maximum atomic E-state index is 11.9. The molecule has 5 nitrogen and oxygen atoms in total. The second-order valence-electron chi connectivity index (χ2n) is 4.59. The first-order valence-corrected chi connectivity index (χ1v) is 7.42. The van der Waals surface area contributed by atoms with Crippen LogP contribution < -0.4 is 15.4 Å². The molecule has 0 aliphatic heterocycles. The molecule has 0 saturated carbocycles. The predicted octanol–water partition coefficient (Wildman–Crippen LogP) is 3.37. The summed E-state index contributed by atoms with van der Waals surface area (Å²) in [5.41, 5.74) is 0.813. The number of nitrogens with one attached hydrogen (secondary N) is 2. The van der Waals surface area contributed by atoms with Crippen LogP contribution >= 0.6 is 23.2 Å². The molecule has 120 valence electrons. The standard InChI is InChI=1S/C16H14Cl2N2O3/c1-23-14-6-5-12(18)8-13(14)20-15(21)9-19-16(22)10-3-2-4-11(17)7-10/h2-8H,9H2,1H3,(H,19,22)(H,20,21). The number of anilines is 1. The van der Waals surface area contributed by atoms with Crippen LogP contribution in [-0.2, 0) is 4.79 Å². The van der Waals surface area contributed by atoms with Gasteiger partial charge in [-0.1, -0.05) is 29.3 Å². The first-order valence-electron chi connectivity index (χ1n) is 6.67. The number of hydrogen-bond donors (Lipinski definition) is 2. The van der Waals surface area contributed by atoms with Gasteiger partial charge in [0, 0.05) is 15.6 Å². The van der Waals surface area contributed by atoms with Gasteiger partial charge >= 0.3 is 0 Å². The lowest BCUT2D eigenvalue weighted by Crippen LogP contribution is -2.32. The Morgan fingerprint density at radius 3 is 2.52 bits per heavy atom. The summed E-state index contributed by atoms with van der Waals surface area (Å²) in [6.07, 6.45) is 0. The molecule has 2 amide bonds. The summed E-state index contributed by atoms with van der Waals surface area (Å²) < 4.78 is 5.13. The lowest BCUT2D eigenvalue weighted by atomic mass is 10.2. The first-order chi connectivity index (χ1) is 11.0. The summed E-state index contributed by atoms with van der Waals surface area (Å²) in [5.74, 6) is -0.314. The summed E-state index contributed by atoms with van der Waals surface area (Å²) in [7, 11) is 1.49. The SMILES string of the molecule is COc1ccc(Cl)cc1NC(=O)CNC(=O)c1cccc(Cl)c1. The Morgan fingerprint density at radius 2 is 1.83 bits per heavy atom. The summed E-state index contributed by atoms with van der Waals surface area (Å²) in [4.78, 5) is 23.9. The van der Waals surface area contributed by atoms with Gasteiger partial charge in [0.1, 0.15) is 5.75 Å². The Kier molecular flexibility index (Phi) is 5.84. The molecule has 2 aromatic rings. The summed E-state index contributed by atoms with van der Waals surface area (Å²) >= 11 is 11.7. The van der Waals surface area contributed by atoms with Crippen molar-refractivity contribution in [2.24, 2.45) is 0 Å².